The minimum atomic E-state index is -3.08. The number of rotatable bonds is 9. The van der Waals surface area contributed by atoms with Crippen LogP contribution in [0.4, 0.5) is 0 Å². The predicted molar refractivity (Wildman–Crippen MR) is 67.3 cm³/mol. The zero-order chi connectivity index (χ0) is 12.6. The molecule has 0 rings (SSSR count). The van der Waals surface area contributed by atoms with Crippen molar-refractivity contribution < 1.29 is 13.5 Å². The number of sulfone groups is 1. The summed E-state index contributed by atoms with van der Waals surface area (Å²) in [5, 5.41) is 12.6. The van der Waals surface area contributed by atoms with E-state index in [9.17, 15) is 13.5 Å². The third kappa shape index (κ3) is 9.12. The average molecular weight is 251 g/mol. The summed E-state index contributed by atoms with van der Waals surface area (Å²) in [6.07, 6.45) is 0.746. The van der Waals surface area contributed by atoms with Crippen molar-refractivity contribution >= 4 is 9.84 Å². The highest BCUT2D eigenvalue weighted by Crippen LogP contribution is 2.00. The Labute approximate surface area is 99.4 Å². The molecule has 2 N–H and O–H groups in total. The van der Waals surface area contributed by atoms with Crippen LogP contribution in [0.2, 0.25) is 0 Å². The van der Waals surface area contributed by atoms with Crippen LogP contribution in [-0.2, 0) is 9.84 Å². The molecule has 5 heteroatoms. The van der Waals surface area contributed by atoms with E-state index in [1.54, 1.807) is 0 Å². The molecule has 98 valence electrons. The Hall–Kier alpha value is -0.130. The molecule has 0 aromatic heterocycles. The first-order valence-electron chi connectivity index (χ1n) is 5.96. The number of hydrogen-bond acceptors (Lipinski definition) is 4. The van der Waals surface area contributed by atoms with E-state index in [4.69, 9.17) is 0 Å². The van der Waals surface area contributed by atoms with Crippen LogP contribution in [0, 0.1) is 5.92 Å². The third-order valence-electron chi connectivity index (χ3n) is 2.19. The molecule has 4 nitrogen and oxygen atoms in total. The molecule has 0 aliphatic heterocycles. The van der Waals surface area contributed by atoms with Gasteiger partial charge in [0.25, 0.3) is 0 Å². The molecule has 0 bridgehead atoms. The number of hydrogen-bond donors (Lipinski definition) is 2. The molecular weight excluding hydrogens is 226 g/mol. The maximum Gasteiger partial charge on any atom is 0.152 e. The number of aliphatic hydroxyl groups excluding tert-OH is 1. The molecular formula is C11H25NO3S. The van der Waals surface area contributed by atoms with Gasteiger partial charge >= 0.3 is 0 Å². The van der Waals surface area contributed by atoms with Gasteiger partial charge in [0.2, 0.25) is 0 Å². The highest BCUT2D eigenvalue weighted by molar-refractivity contribution is 7.91. The van der Waals surface area contributed by atoms with Gasteiger partial charge in [0, 0.05) is 6.54 Å². The molecule has 1 unspecified atom stereocenters. The fourth-order valence-electron chi connectivity index (χ4n) is 1.34. The third-order valence-corrected chi connectivity index (χ3v) is 3.99. The van der Waals surface area contributed by atoms with E-state index in [1.807, 2.05) is 6.92 Å². The molecule has 0 saturated heterocycles. The highest BCUT2D eigenvalue weighted by Gasteiger charge is 2.16. The first-order chi connectivity index (χ1) is 7.37. The van der Waals surface area contributed by atoms with Crippen molar-refractivity contribution in [3.63, 3.8) is 0 Å². The number of nitrogens with one attached hydrogen (secondary N) is 1. The second-order valence-corrected chi connectivity index (χ2v) is 6.90. The largest absolute Gasteiger partial charge is 0.391 e. The van der Waals surface area contributed by atoms with E-state index in [2.05, 4.69) is 19.2 Å². The lowest BCUT2D eigenvalue weighted by atomic mass is 10.2. The monoisotopic (exact) mass is 251 g/mol. The molecule has 0 heterocycles. The van der Waals surface area contributed by atoms with Crippen molar-refractivity contribution in [2.45, 2.75) is 39.7 Å². The maximum atomic E-state index is 11.5. The Kier molecular flexibility index (Phi) is 7.97. The SMILES string of the molecule is CCCCS(=O)(=O)CC(O)CNCC(C)C. The van der Waals surface area contributed by atoms with Crippen LogP contribution >= 0.6 is 0 Å². The van der Waals surface area contributed by atoms with Gasteiger partial charge in [-0.05, 0) is 18.9 Å². The van der Waals surface area contributed by atoms with Gasteiger partial charge in [0.05, 0.1) is 17.6 Å². The van der Waals surface area contributed by atoms with E-state index < -0.39 is 15.9 Å². The topological polar surface area (TPSA) is 66.4 Å². The lowest BCUT2D eigenvalue weighted by molar-refractivity contribution is 0.192. The van der Waals surface area contributed by atoms with Crippen molar-refractivity contribution in [2.24, 2.45) is 5.92 Å². The van der Waals surface area contributed by atoms with E-state index in [0.29, 0.717) is 18.9 Å². The molecule has 0 aliphatic carbocycles. The Morgan fingerprint density at radius 3 is 2.38 bits per heavy atom. The zero-order valence-electron chi connectivity index (χ0n) is 10.6. The highest BCUT2D eigenvalue weighted by atomic mass is 32.2. The number of aliphatic hydroxyl groups is 1. The van der Waals surface area contributed by atoms with Gasteiger partial charge in [-0.15, -0.1) is 0 Å². The van der Waals surface area contributed by atoms with Gasteiger partial charge in [-0.2, -0.15) is 0 Å². The van der Waals surface area contributed by atoms with Gasteiger partial charge in [0.15, 0.2) is 9.84 Å². The van der Waals surface area contributed by atoms with Crippen LogP contribution in [-0.4, -0.2) is 44.2 Å². The summed E-state index contributed by atoms with van der Waals surface area (Å²) in [6.45, 7) is 7.24. The second kappa shape index (κ2) is 8.03. The van der Waals surface area contributed by atoms with Crippen LogP contribution < -0.4 is 5.32 Å². The zero-order valence-corrected chi connectivity index (χ0v) is 11.4. The van der Waals surface area contributed by atoms with Gasteiger partial charge in [-0.25, -0.2) is 8.42 Å². The van der Waals surface area contributed by atoms with E-state index in [-0.39, 0.29) is 11.5 Å². The van der Waals surface area contributed by atoms with Crippen molar-refractivity contribution in [1.29, 1.82) is 0 Å². The van der Waals surface area contributed by atoms with Crippen LogP contribution in [0.5, 0.6) is 0 Å². The predicted octanol–water partition coefficient (Wildman–Crippen LogP) is 0.808. The molecule has 0 fully saturated rings. The Morgan fingerprint density at radius 1 is 1.25 bits per heavy atom. The summed E-state index contributed by atoms with van der Waals surface area (Å²) in [5.74, 6) is 0.562. The molecule has 16 heavy (non-hydrogen) atoms. The van der Waals surface area contributed by atoms with Gasteiger partial charge < -0.3 is 10.4 Å². The summed E-state index contributed by atoms with van der Waals surface area (Å²) < 4.78 is 23.0. The first kappa shape index (κ1) is 15.9. The van der Waals surface area contributed by atoms with Crippen molar-refractivity contribution in [3.05, 3.63) is 0 Å². The van der Waals surface area contributed by atoms with Gasteiger partial charge in [-0.1, -0.05) is 27.2 Å². The van der Waals surface area contributed by atoms with Crippen LogP contribution in [0.1, 0.15) is 33.6 Å². The lowest BCUT2D eigenvalue weighted by Crippen LogP contribution is -2.34. The smallest absolute Gasteiger partial charge is 0.152 e. The number of unbranched alkanes of at least 4 members (excludes halogenated alkanes) is 1. The fourth-order valence-corrected chi connectivity index (χ4v) is 2.94. The minimum absolute atomic E-state index is 0.127. The summed E-state index contributed by atoms with van der Waals surface area (Å²) >= 11 is 0. The summed E-state index contributed by atoms with van der Waals surface area (Å²) in [7, 11) is -3.08. The normalized spacial score (nSPS) is 14.3. The quantitative estimate of drug-likeness (QED) is 0.636. The molecule has 0 aliphatic rings. The van der Waals surface area contributed by atoms with Crippen LogP contribution in [0.25, 0.3) is 0 Å². The van der Waals surface area contributed by atoms with Crippen molar-refractivity contribution in [1.82, 2.24) is 5.32 Å². The molecule has 0 spiro atoms. The fraction of sp³-hybridized carbons (Fsp3) is 1.00. The van der Waals surface area contributed by atoms with Crippen molar-refractivity contribution in [2.75, 3.05) is 24.6 Å². The average Bonchev–Trinajstić information content (AvgIpc) is 2.13. The maximum absolute atomic E-state index is 11.5. The molecule has 0 amide bonds. The molecule has 0 aromatic rings. The van der Waals surface area contributed by atoms with Crippen molar-refractivity contribution in [3.8, 4) is 0 Å². The summed E-state index contributed by atoms with van der Waals surface area (Å²) in [6, 6.07) is 0. The summed E-state index contributed by atoms with van der Waals surface area (Å²) in [4.78, 5) is 0. The van der Waals surface area contributed by atoms with Crippen LogP contribution in [0.3, 0.4) is 0 Å². The van der Waals surface area contributed by atoms with Gasteiger partial charge in [-0.3, -0.25) is 0 Å². The van der Waals surface area contributed by atoms with E-state index in [0.717, 1.165) is 13.0 Å². The Balaban J connectivity index is 3.81. The van der Waals surface area contributed by atoms with E-state index >= 15 is 0 Å². The lowest BCUT2D eigenvalue weighted by Gasteiger charge is -2.13. The summed E-state index contributed by atoms with van der Waals surface area (Å²) in [5.41, 5.74) is 0. The second-order valence-electron chi connectivity index (χ2n) is 4.67. The minimum Gasteiger partial charge on any atom is -0.391 e. The molecule has 0 saturated carbocycles. The molecule has 0 aromatic carbocycles. The molecule has 0 radical (unpaired) electrons. The first-order valence-corrected chi connectivity index (χ1v) is 7.78. The Bertz CT molecular complexity index is 262. The molecule has 1 atom stereocenters. The van der Waals surface area contributed by atoms with Crippen LogP contribution in [0.15, 0.2) is 0 Å². The standard InChI is InChI=1S/C11H25NO3S/c1-4-5-6-16(14,15)9-11(13)8-12-7-10(2)3/h10-13H,4-9H2,1-3H3. The van der Waals surface area contributed by atoms with Gasteiger partial charge in [0.1, 0.15) is 0 Å². The van der Waals surface area contributed by atoms with E-state index in [1.165, 1.54) is 0 Å². The Morgan fingerprint density at radius 2 is 1.88 bits per heavy atom.